The fraction of sp³-hybridized carbons (Fsp3) is 0.381. The van der Waals surface area contributed by atoms with E-state index in [1.54, 1.807) is 24.3 Å². The van der Waals surface area contributed by atoms with Crippen LogP contribution in [0.25, 0.3) is 0 Å². The number of hydrogen-bond acceptors (Lipinski definition) is 4. The number of benzene rings is 2. The Morgan fingerprint density at radius 3 is 2.04 bits per heavy atom. The number of oxime groups is 1. The van der Waals surface area contributed by atoms with Crippen molar-refractivity contribution in [2.75, 3.05) is 13.7 Å². The zero-order valence-corrected chi connectivity index (χ0v) is 17.4. The monoisotopic (exact) mass is 427 g/mol. The largest absolute Gasteiger partial charge is 0.399 e. The molecule has 0 aliphatic rings. The van der Waals surface area contributed by atoms with Crippen LogP contribution in [0.5, 0.6) is 0 Å². The van der Waals surface area contributed by atoms with E-state index in [-0.39, 0.29) is 12.5 Å². The number of halogens is 3. The van der Waals surface area contributed by atoms with Gasteiger partial charge >= 0.3 is 0 Å². The molecule has 0 saturated carbocycles. The minimum atomic E-state index is -1.43. The summed E-state index contributed by atoms with van der Waals surface area (Å²) in [5.74, 6) is -0.210. The molecule has 4 nitrogen and oxygen atoms in total. The summed E-state index contributed by atoms with van der Waals surface area (Å²) in [4.78, 5) is 4.58. The second kappa shape index (κ2) is 12.0. The molecule has 0 aliphatic heterocycles. The van der Waals surface area contributed by atoms with Gasteiger partial charge in [0.2, 0.25) is 0 Å². The lowest BCUT2D eigenvalue weighted by atomic mass is 10.0. The van der Waals surface area contributed by atoms with E-state index in [1.807, 2.05) is 31.2 Å². The predicted octanol–water partition coefficient (Wildman–Crippen LogP) is 5.70. The van der Waals surface area contributed by atoms with Gasteiger partial charge in [-0.2, -0.15) is 0 Å². The van der Waals surface area contributed by atoms with E-state index in [2.05, 4.69) is 9.99 Å². The molecule has 0 aliphatic carbocycles. The van der Waals surface area contributed by atoms with Gasteiger partial charge in [-0.25, -0.2) is 4.39 Å². The van der Waals surface area contributed by atoms with Crippen molar-refractivity contribution in [2.24, 2.45) is 11.1 Å². The summed E-state index contributed by atoms with van der Waals surface area (Å²) in [7, 11) is 1.37. The van der Waals surface area contributed by atoms with Crippen LogP contribution in [0, 0.1) is 5.92 Å². The molecular weight excluding hydrogens is 404 g/mol. The van der Waals surface area contributed by atoms with E-state index in [0.29, 0.717) is 23.3 Å². The number of alkyl halides is 1. The average molecular weight is 428 g/mol. The molecule has 2 rings (SSSR count). The highest BCUT2D eigenvalue weighted by Gasteiger charge is 2.27. The molecule has 152 valence electrons. The third kappa shape index (κ3) is 7.76. The van der Waals surface area contributed by atoms with Crippen molar-refractivity contribution in [1.29, 1.82) is 0 Å². The molecule has 3 atom stereocenters. The summed E-state index contributed by atoms with van der Waals surface area (Å²) in [6, 6.07) is 14.6. The first-order chi connectivity index (χ1) is 13.5. The zero-order valence-electron chi connectivity index (χ0n) is 15.9. The van der Waals surface area contributed by atoms with Crippen LogP contribution in [0.4, 0.5) is 4.39 Å². The van der Waals surface area contributed by atoms with Crippen molar-refractivity contribution < 1.29 is 18.7 Å². The van der Waals surface area contributed by atoms with Crippen molar-refractivity contribution in [2.45, 2.75) is 32.4 Å². The Morgan fingerprint density at radius 2 is 1.50 bits per heavy atom. The predicted molar refractivity (Wildman–Crippen MR) is 111 cm³/mol. The summed E-state index contributed by atoms with van der Waals surface area (Å²) in [6.45, 7) is 2.87. The zero-order chi connectivity index (χ0) is 20.4. The molecule has 2 aromatic carbocycles. The lowest BCUT2D eigenvalue weighted by Gasteiger charge is -2.25. The third-order valence-electron chi connectivity index (χ3n) is 4.10. The van der Waals surface area contributed by atoms with Crippen molar-refractivity contribution in [3.63, 3.8) is 0 Å². The highest BCUT2D eigenvalue weighted by Crippen LogP contribution is 2.19. The van der Waals surface area contributed by atoms with E-state index in [1.165, 1.54) is 7.11 Å². The second-order valence-corrected chi connectivity index (χ2v) is 7.28. The SMILES string of the molecule is CON=C[C@@H](F)[C@H](OCc1ccc(Cl)cc1)[C@@H](C)COCc1ccc(Cl)cc1. The van der Waals surface area contributed by atoms with Gasteiger partial charge in [0.1, 0.15) is 7.11 Å². The minimum Gasteiger partial charge on any atom is -0.399 e. The Kier molecular flexibility index (Phi) is 9.71. The Bertz CT molecular complexity index is 725. The molecule has 28 heavy (non-hydrogen) atoms. The molecule has 0 unspecified atom stereocenters. The molecule has 0 radical (unpaired) electrons. The van der Waals surface area contributed by atoms with Crippen molar-refractivity contribution >= 4 is 29.4 Å². The van der Waals surface area contributed by atoms with Gasteiger partial charge < -0.3 is 14.3 Å². The maximum Gasteiger partial charge on any atom is 0.165 e. The number of ether oxygens (including phenoxy) is 2. The van der Waals surface area contributed by atoms with Crippen LogP contribution in [0.3, 0.4) is 0 Å². The first kappa shape index (κ1) is 22.6. The fourth-order valence-corrected chi connectivity index (χ4v) is 2.84. The van der Waals surface area contributed by atoms with Crippen molar-refractivity contribution in [3.05, 3.63) is 69.7 Å². The fourth-order valence-electron chi connectivity index (χ4n) is 2.59. The third-order valence-corrected chi connectivity index (χ3v) is 4.61. The molecule has 7 heteroatoms. The summed E-state index contributed by atoms with van der Waals surface area (Å²) < 4.78 is 26.2. The van der Waals surface area contributed by atoms with Gasteiger partial charge in [0.15, 0.2) is 6.17 Å². The minimum absolute atomic E-state index is 0.210. The molecule has 0 saturated heterocycles. The Labute approximate surface area is 175 Å². The van der Waals surface area contributed by atoms with E-state index in [9.17, 15) is 4.39 Å². The van der Waals surface area contributed by atoms with E-state index >= 15 is 0 Å². The lowest BCUT2D eigenvalue weighted by molar-refractivity contribution is -0.0508. The van der Waals surface area contributed by atoms with Gasteiger partial charge in [-0.1, -0.05) is 59.5 Å². The summed E-state index contributed by atoms with van der Waals surface area (Å²) in [5, 5.41) is 4.84. The Morgan fingerprint density at radius 1 is 0.964 bits per heavy atom. The van der Waals surface area contributed by atoms with Gasteiger partial charge in [0.05, 0.1) is 32.1 Å². The van der Waals surface area contributed by atoms with Gasteiger partial charge in [-0.15, -0.1) is 0 Å². The summed E-state index contributed by atoms with van der Waals surface area (Å²) in [6.07, 6.45) is -1.07. The Hall–Kier alpha value is -1.66. The molecule has 0 amide bonds. The molecule has 0 N–H and O–H groups in total. The molecule has 0 fully saturated rings. The average Bonchev–Trinajstić information content (AvgIpc) is 2.69. The quantitative estimate of drug-likeness (QED) is 0.341. The van der Waals surface area contributed by atoms with Crippen LogP contribution in [0.2, 0.25) is 10.0 Å². The first-order valence-electron chi connectivity index (χ1n) is 8.88. The smallest absolute Gasteiger partial charge is 0.165 e. The van der Waals surface area contributed by atoms with Crippen LogP contribution in [0.15, 0.2) is 53.7 Å². The van der Waals surface area contributed by atoms with Gasteiger partial charge in [0, 0.05) is 16.0 Å². The molecule has 0 aromatic heterocycles. The van der Waals surface area contributed by atoms with Gasteiger partial charge in [-0.05, 0) is 35.4 Å². The standard InChI is InChI=1S/C21H24Cl2FNO3/c1-15(12-27-13-16-3-7-18(22)8-4-16)21(20(24)11-25-26-2)28-14-17-5-9-19(23)10-6-17/h3-11,15,20-21H,12-14H2,1-2H3/t15-,20+,21+/m0/s1. The number of rotatable bonds is 11. The van der Waals surface area contributed by atoms with Gasteiger partial charge in [-0.3, -0.25) is 0 Å². The van der Waals surface area contributed by atoms with E-state index in [0.717, 1.165) is 17.3 Å². The number of nitrogens with zero attached hydrogens (tertiary/aromatic N) is 1. The van der Waals surface area contributed by atoms with Crippen LogP contribution in [-0.2, 0) is 27.5 Å². The van der Waals surface area contributed by atoms with Crippen molar-refractivity contribution in [1.82, 2.24) is 0 Å². The highest BCUT2D eigenvalue weighted by atomic mass is 35.5. The van der Waals surface area contributed by atoms with Crippen LogP contribution in [-0.4, -0.2) is 32.2 Å². The normalized spacial score (nSPS) is 14.8. The maximum absolute atomic E-state index is 14.6. The topological polar surface area (TPSA) is 40.0 Å². The summed E-state index contributed by atoms with van der Waals surface area (Å²) >= 11 is 11.8. The van der Waals surface area contributed by atoms with E-state index < -0.39 is 12.3 Å². The summed E-state index contributed by atoms with van der Waals surface area (Å²) in [5.41, 5.74) is 1.90. The maximum atomic E-state index is 14.6. The van der Waals surface area contributed by atoms with Crippen LogP contribution < -0.4 is 0 Å². The first-order valence-corrected chi connectivity index (χ1v) is 9.64. The highest BCUT2D eigenvalue weighted by molar-refractivity contribution is 6.30. The van der Waals surface area contributed by atoms with Gasteiger partial charge in [0.25, 0.3) is 0 Å². The number of hydrogen-bond donors (Lipinski definition) is 0. The van der Waals surface area contributed by atoms with Crippen LogP contribution >= 0.6 is 23.2 Å². The Balaban J connectivity index is 1.93. The second-order valence-electron chi connectivity index (χ2n) is 6.40. The van der Waals surface area contributed by atoms with E-state index in [4.69, 9.17) is 32.7 Å². The lowest BCUT2D eigenvalue weighted by Crippen LogP contribution is -2.35. The molecule has 0 bridgehead atoms. The molecule has 2 aromatic rings. The molecule has 0 heterocycles. The van der Waals surface area contributed by atoms with Crippen LogP contribution in [0.1, 0.15) is 18.1 Å². The van der Waals surface area contributed by atoms with Crippen molar-refractivity contribution in [3.8, 4) is 0 Å². The molecule has 0 spiro atoms. The molecular formula is C21H24Cl2FNO3.